The van der Waals surface area contributed by atoms with Crippen molar-refractivity contribution in [2.75, 3.05) is 12.4 Å². The summed E-state index contributed by atoms with van der Waals surface area (Å²) in [5, 5.41) is 11.9. The summed E-state index contributed by atoms with van der Waals surface area (Å²) in [4.78, 5) is 23.9. The van der Waals surface area contributed by atoms with E-state index in [0.717, 1.165) is 15.2 Å². The molecule has 7 nitrogen and oxygen atoms in total. The summed E-state index contributed by atoms with van der Waals surface area (Å²) in [6, 6.07) is 5.57. The van der Waals surface area contributed by atoms with Gasteiger partial charge in [0.2, 0.25) is 0 Å². The maximum atomic E-state index is 13.5. The zero-order chi connectivity index (χ0) is 16.4. The topological polar surface area (TPSA) is 89.1 Å². The summed E-state index contributed by atoms with van der Waals surface area (Å²) in [5.74, 6) is -0.313. The molecule has 0 saturated heterocycles. The monoisotopic (exact) mass is 304 g/mol. The van der Waals surface area contributed by atoms with Crippen LogP contribution in [0.5, 0.6) is 5.75 Å². The predicted octanol–water partition coefficient (Wildman–Crippen LogP) is 0.847. The highest BCUT2D eigenvalue weighted by Crippen LogP contribution is 2.23. The number of nitrogens with zero attached hydrogens (tertiary/aromatic N) is 3. The molecular formula is C14H13FN4O3. The van der Waals surface area contributed by atoms with Gasteiger partial charge in [-0.2, -0.15) is 5.26 Å². The van der Waals surface area contributed by atoms with E-state index in [1.165, 1.54) is 33.3 Å². The Bertz CT molecular complexity index is 893. The van der Waals surface area contributed by atoms with Gasteiger partial charge in [-0.05, 0) is 6.07 Å². The molecular weight excluding hydrogens is 291 g/mol. The second-order valence-corrected chi connectivity index (χ2v) is 4.55. The van der Waals surface area contributed by atoms with Gasteiger partial charge in [0.25, 0.3) is 5.56 Å². The third kappa shape index (κ3) is 2.56. The van der Waals surface area contributed by atoms with Crippen LogP contribution in [0.2, 0.25) is 0 Å². The first-order chi connectivity index (χ1) is 10.4. The third-order valence-corrected chi connectivity index (χ3v) is 3.15. The molecule has 1 aromatic carbocycles. The van der Waals surface area contributed by atoms with Gasteiger partial charge in [0.15, 0.2) is 5.56 Å². The van der Waals surface area contributed by atoms with Gasteiger partial charge in [0.1, 0.15) is 23.5 Å². The molecule has 0 aliphatic carbocycles. The van der Waals surface area contributed by atoms with Crippen molar-refractivity contribution in [2.24, 2.45) is 14.1 Å². The SMILES string of the molecule is COc1cc(F)cc(Nc2c(C#N)c(=O)n(C)c(=O)n2C)c1. The molecule has 0 aliphatic rings. The molecule has 2 aromatic rings. The molecule has 0 unspecified atom stereocenters. The molecule has 1 N–H and O–H groups in total. The summed E-state index contributed by atoms with van der Waals surface area (Å²) in [6.45, 7) is 0. The van der Waals surface area contributed by atoms with Crippen molar-refractivity contribution in [2.45, 2.75) is 0 Å². The molecule has 0 aliphatic heterocycles. The van der Waals surface area contributed by atoms with Crippen LogP contribution in [-0.4, -0.2) is 16.2 Å². The summed E-state index contributed by atoms with van der Waals surface area (Å²) in [7, 11) is 4.06. The molecule has 114 valence electrons. The van der Waals surface area contributed by atoms with Crippen LogP contribution < -0.4 is 21.3 Å². The Hall–Kier alpha value is -3.08. The number of hydrogen-bond acceptors (Lipinski definition) is 5. The van der Waals surface area contributed by atoms with E-state index in [1.54, 1.807) is 6.07 Å². The molecule has 8 heteroatoms. The van der Waals surface area contributed by atoms with Crippen LogP contribution in [0.1, 0.15) is 5.56 Å². The minimum Gasteiger partial charge on any atom is -0.497 e. The van der Waals surface area contributed by atoms with Crippen LogP contribution in [0.25, 0.3) is 0 Å². The summed E-state index contributed by atoms with van der Waals surface area (Å²) < 4.78 is 20.4. The number of aromatic nitrogens is 2. The smallest absolute Gasteiger partial charge is 0.332 e. The number of nitrogens with one attached hydrogen (secondary N) is 1. The lowest BCUT2D eigenvalue weighted by Gasteiger charge is -2.14. The van der Waals surface area contributed by atoms with Crippen molar-refractivity contribution in [1.82, 2.24) is 9.13 Å². The third-order valence-electron chi connectivity index (χ3n) is 3.15. The highest BCUT2D eigenvalue weighted by atomic mass is 19.1. The molecule has 0 radical (unpaired) electrons. The van der Waals surface area contributed by atoms with Crippen LogP contribution in [0.15, 0.2) is 27.8 Å². The molecule has 0 amide bonds. The second kappa shape index (κ2) is 5.73. The lowest BCUT2D eigenvalue weighted by Crippen LogP contribution is -2.39. The lowest BCUT2D eigenvalue weighted by molar-refractivity contribution is 0.411. The zero-order valence-corrected chi connectivity index (χ0v) is 12.2. The Balaban J connectivity index is 2.65. The van der Waals surface area contributed by atoms with E-state index in [2.05, 4.69) is 5.32 Å². The number of rotatable bonds is 3. The summed E-state index contributed by atoms with van der Waals surface area (Å²) in [6.07, 6.45) is 0. The van der Waals surface area contributed by atoms with Crippen molar-refractivity contribution in [3.05, 3.63) is 50.4 Å². The largest absolute Gasteiger partial charge is 0.497 e. The minimum absolute atomic E-state index is 0.0109. The number of halogens is 1. The number of hydrogen-bond donors (Lipinski definition) is 1. The Morgan fingerprint density at radius 2 is 1.91 bits per heavy atom. The van der Waals surface area contributed by atoms with Crippen molar-refractivity contribution < 1.29 is 9.13 Å². The highest BCUT2D eigenvalue weighted by molar-refractivity contribution is 5.63. The molecule has 1 heterocycles. The van der Waals surface area contributed by atoms with Crippen molar-refractivity contribution in [1.29, 1.82) is 5.26 Å². The van der Waals surface area contributed by atoms with Gasteiger partial charge in [0, 0.05) is 31.9 Å². The zero-order valence-electron chi connectivity index (χ0n) is 12.2. The van der Waals surface area contributed by atoms with E-state index in [-0.39, 0.29) is 22.8 Å². The number of methoxy groups -OCH3 is 1. The quantitative estimate of drug-likeness (QED) is 0.908. The Morgan fingerprint density at radius 1 is 1.23 bits per heavy atom. The van der Waals surface area contributed by atoms with E-state index >= 15 is 0 Å². The van der Waals surface area contributed by atoms with Gasteiger partial charge < -0.3 is 10.1 Å². The molecule has 1 aromatic heterocycles. The Kier molecular flexibility index (Phi) is 3.99. The first-order valence-corrected chi connectivity index (χ1v) is 6.20. The normalized spacial score (nSPS) is 10.1. The van der Waals surface area contributed by atoms with E-state index < -0.39 is 17.1 Å². The maximum Gasteiger partial charge on any atom is 0.332 e. The van der Waals surface area contributed by atoms with Crippen molar-refractivity contribution in [3.63, 3.8) is 0 Å². The van der Waals surface area contributed by atoms with E-state index in [0.29, 0.717) is 0 Å². The minimum atomic E-state index is -0.725. The number of anilines is 2. The van der Waals surface area contributed by atoms with Crippen molar-refractivity contribution >= 4 is 11.5 Å². The number of nitriles is 1. The summed E-state index contributed by atoms with van der Waals surface area (Å²) >= 11 is 0. The molecule has 2 rings (SSSR count). The number of benzene rings is 1. The average Bonchev–Trinajstić information content (AvgIpc) is 2.50. The molecule has 22 heavy (non-hydrogen) atoms. The van der Waals surface area contributed by atoms with Gasteiger partial charge in [-0.1, -0.05) is 0 Å². The predicted molar refractivity (Wildman–Crippen MR) is 77.9 cm³/mol. The van der Waals surface area contributed by atoms with Crippen LogP contribution in [0, 0.1) is 17.1 Å². The van der Waals surface area contributed by atoms with Gasteiger partial charge in [-0.3, -0.25) is 13.9 Å². The first kappa shape index (κ1) is 15.3. The average molecular weight is 304 g/mol. The fraction of sp³-hybridized carbons (Fsp3) is 0.214. The van der Waals surface area contributed by atoms with E-state index in [9.17, 15) is 14.0 Å². The van der Waals surface area contributed by atoms with Gasteiger partial charge >= 0.3 is 5.69 Å². The van der Waals surface area contributed by atoms with Crippen LogP contribution in [0.3, 0.4) is 0 Å². The van der Waals surface area contributed by atoms with Crippen molar-refractivity contribution in [3.8, 4) is 11.8 Å². The van der Waals surface area contributed by atoms with Crippen LogP contribution >= 0.6 is 0 Å². The fourth-order valence-electron chi connectivity index (χ4n) is 1.98. The molecule has 0 bridgehead atoms. The Labute approximate surface area is 124 Å². The first-order valence-electron chi connectivity index (χ1n) is 6.20. The lowest BCUT2D eigenvalue weighted by atomic mass is 10.2. The van der Waals surface area contributed by atoms with Crippen LogP contribution in [0.4, 0.5) is 15.9 Å². The number of ether oxygens (including phenoxy) is 1. The molecule has 0 fully saturated rings. The summed E-state index contributed by atoms with van der Waals surface area (Å²) in [5.41, 5.74) is -1.32. The van der Waals surface area contributed by atoms with Gasteiger partial charge in [0.05, 0.1) is 7.11 Å². The molecule has 0 saturated carbocycles. The highest BCUT2D eigenvalue weighted by Gasteiger charge is 2.16. The van der Waals surface area contributed by atoms with E-state index in [4.69, 9.17) is 10.00 Å². The fourth-order valence-corrected chi connectivity index (χ4v) is 1.98. The van der Waals surface area contributed by atoms with Gasteiger partial charge in [-0.15, -0.1) is 0 Å². The standard InChI is InChI=1S/C14H13FN4O3/c1-18-12(11(7-16)13(20)19(2)14(18)21)17-9-4-8(15)5-10(6-9)22-3/h4-6,17H,1-3H3. The second-order valence-electron chi connectivity index (χ2n) is 4.55. The van der Waals surface area contributed by atoms with Gasteiger partial charge in [-0.25, -0.2) is 9.18 Å². The Morgan fingerprint density at radius 3 is 2.50 bits per heavy atom. The molecule has 0 atom stereocenters. The maximum absolute atomic E-state index is 13.5. The van der Waals surface area contributed by atoms with E-state index in [1.807, 2.05) is 0 Å². The van der Waals surface area contributed by atoms with Crippen LogP contribution in [-0.2, 0) is 14.1 Å². The molecule has 0 spiro atoms.